The number of benzene rings is 2. The largest absolute Gasteiger partial charge is 0.503 e. The van der Waals surface area contributed by atoms with Gasteiger partial charge in [-0.3, -0.25) is 0 Å². The molecule has 0 atom stereocenters. The molecule has 3 N–H and O–H groups in total. The van der Waals surface area contributed by atoms with Crippen molar-refractivity contribution in [2.45, 2.75) is 6.92 Å². The summed E-state index contributed by atoms with van der Waals surface area (Å²) >= 11 is 4.84. The van der Waals surface area contributed by atoms with Crippen molar-refractivity contribution in [1.29, 1.82) is 0 Å². The van der Waals surface area contributed by atoms with Crippen molar-refractivity contribution in [3.63, 3.8) is 0 Å². The van der Waals surface area contributed by atoms with Crippen LogP contribution in [0.5, 0.6) is 11.5 Å². The number of aromatic hydroxyl groups is 1. The van der Waals surface area contributed by atoms with Crippen LogP contribution in [0.1, 0.15) is 17.5 Å². The van der Waals surface area contributed by atoms with Gasteiger partial charge >= 0.3 is 0 Å². The summed E-state index contributed by atoms with van der Waals surface area (Å²) in [6.07, 6.45) is 0. The van der Waals surface area contributed by atoms with Gasteiger partial charge in [-0.25, -0.2) is 4.98 Å². The molecule has 0 spiro atoms. The molecule has 0 aliphatic rings. The van der Waals surface area contributed by atoms with Crippen molar-refractivity contribution < 1.29 is 9.84 Å². The SMILES string of the molecule is CCOc1cc(/C(=N\N)c2nc3ccccc3s2)cc(Br)c1O. The highest BCUT2D eigenvalue weighted by molar-refractivity contribution is 9.10. The molecule has 0 saturated carbocycles. The van der Waals surface area contributed by atoms with Crippen LogP contribution in [0.15, 0.2) is 46.0 Å². The number of fused-ring (bicyclic) bond motifs is 1. The Labute approximate surface area is 145 Å². The molecule has 3 rings (SSSR count). The van der Waals surface area contributed by atoms with Gasteiger partial charge in [-0.1, -0.05) is 12.1 Å². The van der Waals surface area contributed by atoms with Gasteiger partial charge in [0.15, 0.2) is 11.5 Å². The van der Waals surface area contributed by atoms with Crippen LogP contribution in [-0.4, -0.2) is 22.4 Å². The van der Waals surface area contributed by atoms with Crippen molar-refractivity contribution in [3.05, 3.63) is 51.4 Å². The fourth-order valence-corrected chi connectivity index (χ4v) is 3.63. The van der Waals surface area contributed by atoms with Gasteiger partial charge in [-0.15, -0.1) is 11.3 Å². The van der Waals surface area contributed by atoms with Gasteiger partial charge in [0, 0.05) is 5.56 Å². The molecule has 23 heavy (non-hydrogen) atoms. The lowest BCUT2D eigenvalue weighted by Gasteiger charge is -2.10. The van der Waals surface area contributed by atoms with E-state index in [1.807, 2.05) is 31.2 Å². The third-order valence-electron chi connectivity index (χ3n) is 3.23. The average Bonchev–Trinajstić information content (AvgIpc) is 2.96. The number of phenolic OH excluding ortho intramolecular Hbond substituents is 1. The van der Waals surface area contributed by atoms with Crippen LogP contribution < -0.4 is 10.6 Å². The zero-order valence-electron chi connectivity index (χ0n) is 12.3. The second-order valence-corrected chi connectivity index (χ2v) is 6.59. The first kappa shape index (κ1) is 15.8. The van der Waals surface area contributed by atoms with Crippen LogP contribution in [0.2, 0.25) is 0 Å². The summed E-state index contributed by atoms with van der Waals surface area (Å²) in [4.78, 5) is 4.58. The predicted molar refractivity (Wildman–Crippen MR) is 96.4 cm³/mol. The van der Waals surface area contributed by atoms with E-state index in [1.165, 1.54) is 11.3 Å². The first-order chi connectivity index (χ1) is 11.1. The molecule has 0 unspecified atom stereocenters. The van der Waals surface area contributed by atoms with E-state index in [1.54, 1.807) is 12.1 Å². The lowest BCUT2D eigenvalue weighted by atomic mass is 10.1. The summed E-state index contributed by atoms with van der Waals surface area (Å²) in [7, 11) is 0. The molecule has 0 bridgehead atoms. The van der Waals surface area contributed by atoms with Crippen LogP contribution in [0.4, 0.5) is 0 Å². The number of nitrogens with zero attached hydrogens (tertiary/aromatic N) is 2. The molecule has 0 fully saturated rings. The van der Waals surface area contributed by atoms with E-state index in [0.29, 0.717) is 27.5 Å². The highest BCUT2D eigenvalue weighted by atomic mass is 79.9. The van der Waals surface area contributed by atoms with E-state index in [9.17, 15) is 5.11 Å². The topological polar surface area (TPSA) is 80.7 Å². The Kier molecular flexibility index (Phi) is 4.49. The Balaban J connectivity index is 2.11. The van der Waals surface area contributed by atoms with Gasteiger partial charge in [0.2, 0.25) is 0 Å². The van der Waals surface area contributed by atoms with E-state index in [-0.39, 0.29) is 5.75 Å². The average molecular weight is 392 g/mol. The molecular weight excluding hydrogens is 378 g/mol. The minimum Gasteiger partial charge on any atom is -0.503 e. The third-order valence-corrected chi connectivity index (χ3v) is 4.87. The number of ether oxygens (including phenoxy) is 1. The highest BCUT2D eigenvalue weighted by Gasteiger charge is 2.17. The normalized spacial score (nSPS) is 11.8. The smallest absolute Gasteiger partial charge is 0.172 e. The zero-order valence-corrected chi connectivity index (χ0v) is 14.7. The maximum absolute atomic E-state index is 10.0. The number of thiazole rings is 1. The van der Waals surface area contributed by atoms with Gasteiger partial charge in [-0.05, 0) is 47.1 Å². The zero-order chi connectivity index (χ0) is 16.4. The second-order valence-electron chi connectivity index (χ2n) is 4.70. The number of hydrazone groups is 1. The summed E-state index contributed by atoms with van der Waals surface area (Å²) in [5, 5.41) is 14.7. The first-order valence-corrected chi connectivity index (χ1v) is 8.54. The number of rotatable bonds is 4. The molecule has 3 aromatic rings. The molecule has 0 amide bonds. The molecule has 0 aliphatic carbocycles. The maximum Gasteiger partial charge on any atom is 0.172 e. The Morgan fingerprint density at radius 2 is 2.17 bits per heavy atom. The van der Waals surface area contributed by atoms with Crippen molar-refractivity contribution in [2.75, 3.05) is 6.61 Å². The van der Waals surface area contributed by atoms with Crippen molar-refractivity contribution in [3.8, 4) is 11.5 Å². The summed E-state index contributed by atoms with van der Waals surface area (Å²) in [5.74, 6) is 6.03. The third kappa shape index (κ3) is 3.02. The summed E-state index contributed by atoms with van der Waals surface area (Å²) in [6.45, 7) is 2.30. The molecule has 7 heteroatoms. The molecular formula is C16H14BrN3O2S. The van der Waals surface area contributed by atoms with E-state index < -0.39 is 0 Å². The number of phenols is 1. The summed E-state index contributed by atoms with van der Waals surface area (Å²) < 4.78 is 7.03. The molecule has 0 radical (unpaired) electrons. The van der Waals surface area contributed by atoms with Crippen molar-refractivity contribution >= 4 is 43.2 Å². The monoisotopic (exact) mass is 391 g/mol. The number of para-hydroxylation sites is 1. The Bertz CT molecular complexity index is 859. The van der Waals surface area contributed by atoms with Crippen LogP contribution in [0, 0.1) is 0 Å². The van der Waals surface area contributed by atoms with Crippen molar-refractivity contribution in [2.24, 2.45) is 10.9 Å². The summed E-state index contributed by atoms with van der Waals surface area (Å²) in [5.41, 5.74) is 2.17. The Morgan fingerprint density at radius 3 is 2.87 bits per heavy atom. The molecule has 0 aliphatic heterocycles. The minimum absolute atomic E-state index is 0.0521. The highest BCUT2D eigenvalue weighted by Crippen LogP contribution is 2.36. The number of hydrogen-bond donors (Lipinski definition) is 2. The quantitative estimate of drug-likeness (QED) is 0.401. The molecule has 1 heterocycles. The molecule has 118 valence electrons. The van der Waals surface area contributed by atoms with E-state index >= 15 is 0 Å². The van der Waals surface area contributed by atoms with Crippen LogP contribution >= 0.6 is 27.3 Å². The summed E-state index contributed by atoms with van der Waals surface area (Å²) in [6, 6.07) is 11.3. The molecule has 5 nitrogen and oxygen atoms in total. The van der Waals surface area contributed by atoms with Gasteiger partial charge < -0.3 is 15.7 Å². The molecule has 1 aromatic heterocycles. The standard InChI is InChI=1S/C16H14BrN3O2S/c1-2-22-12-8-9(7-10(17)15(12)21)14(20-18)16-19-11-5-3-4-6-13(11)23-16/h3-8,21H,2,18H2,1H3/b20-14+. The van der Waals surface area contributed by atoms with Crippen LogP contribution in [-0.2, 0) is 0 Å². The number of nitrogens with two attached hydrogens (primary N) is 1. The fourth-order valence-electron chi connectivity index (χ4n) is 2.20. The Morgan fingerprint density at radius 1 is 1.39 bits per heavy atom. The molecule has 0 saturated heterocycles. The van der Waals surface area contributed by atoms with Gasteiger partial charge in [0.05, 0.1) is 21.3 Å². The van der Waals surface area contributed by atoms with Crippen molar-refractivity contribution in [1.82, 2.24) is 4.98 Å². The van der Waals surface area contributed by atoms with E-state index in [2.05, 4.69) is 26.0 Å². The maximum atomic E-state index is 10.0. The van der Waals surface area contributed by atoms with E-state index in [4.69, 9.17) is 10.6 Å². The second kappa shape index (κ2) is 6.55. The van der Waals surface area contributed by atoms with Gasteiger partial charge in [0.25, 0.3) is 0 Å². The number of aromatic nitrogens is 1. The lowest BCUT2D eigenvalue weighted by Crippen LogP contribution is -2.07. The lowest BCUT2D eigenvalue weighted by molar-refractivity contribution is 0.317. The van der Waals surface area contributed by atoms with Gasteiger partial charge in [-0.2, -0.15) is 5.10 Å². The fraction of sp³-hybridized carbons (Fsp3) is 0.125. The predicted octanol–water partition coefficient (Wildman–Crippen LogP) is 3.87. The first-order valence-electron chi connectivity index (χ1n) is 6.93. The molecule has 2 aromatic carbocycles. The minimum atomic E-state index is 0.0521. The van der Waals surface area contributed by atoms with Crippen LogP contribution in [0.25, 0.3) is 10.2 Å². The Hall–Kier alpha value is -2.12. The van der Waals surface area contributed by atoms with E-state index in [0.717, 1.165) is 15.8 Å². The van der Waals surface area contributed by atoms with Crippen LogP contribution in [0.3, 0.4) is 0 Å². The number of halogens is 1. The van der Waals surface area contributed by atoms with Gasteiger partial charge in [0.1, 0.15) is 10.7 Å². The number of hydrogen-bond acceptors (Lipinski definition) is 6.